The van der Waals surface area contributed by atoms with Gasteiger partial charge in [-0.3, -0.25) is 4.79 Å². The summed E-state index contributed by atoms with van der Waals surface area (Å²) in [5.41, 5.74) is 0.734. The molecule has 0 aliphatic rings. The maximum Gasteiger partial charge on any atom is 0.303 e. The number of hydrogen-bond acceptors (Lipinski definition) is 3. The van der Waals surface area contributed by atoms with Gasteiger partial charge in [-0.2, -0.15) is 0 Å². The summed E-state index contributed by atoms with van der Waals surface area (Å²) in [4.78, 5) is 10.4. The van der Waals surface area contributed by atoms with Gasteiger partial charge in [0.2, 0.25) is 0 Å². The Morgan fingerprint density at radius 1 is 1.53 bits per heavy atom. The molecule has 15 heavy (non-hydrogen) atoms. The predicted molar refractivity (Wildman–Crippen MR) is 57.7 cm³/mol. The molecule has 1 aromatic carbocycles. The van der Waals surface area contributed by atoms with Gasteiger partial charge in [-0.1, -0.05) is 11.2 Å². The van der Waals surface area contributed by atoms with Crippen LogP contribution in [0.3, 0.4) is 0 Å². The third-order valence-corrected chi connectivity index (χ3v) is 2.74. The first kappa shape index (κ1) is 10.2. The number of halogens is 1. The number of aromatic nitrogens is 1. The van der Waals surface area contributed by atoms with Crippen LogP contribution < -0.4 is 0 Å². The molecule has 0 fully saturated rings. The maximum absolute atomic E-state index is 10.4. The van der Waals surface area contributed by atoms with Crippen LogP contribution in [0.5, 0.6) is 0 Å². The van der Waals surface area contributed by atoms with Crippen molar-refractivity contribution < 1.29 is 14.4 Å². The zero-order chi connectivity index (χ0) is 10.8. The van der Waals surface area contributed by atoms with Crippen LogP contribution in [0, 0.1) is 0 Å². The van der Waals surface area contributed by atoms with Crippen molar-refractivity contribution >= 4 is 32.8 Å². The lowest BCUT2D eigenvalue weighted by Gasteiger charge is -1.93. The van der Waals surface area contributed by atoms with E-state index in [1.165, 1.54) is 0 Å². The molecule has 1 N–H and O–H groups in total. The molecule has 1 heterocycles. The number of rotatable bonds is 3. The maximum atomic E-state index is 10.4. The van der Waals surface area contributed by atoms with Gasteiger partial charge in [-0.25, -0.2) is 0 Å². The van der Waals surface area contributed by atoms with E-state index >= 15 is 0 Å². The normalized spacial score (nSPS) is 10.7. The number of fused-ring (bicyclic) bond motifs is 1. The minimum absolute atomic E-state index is 0.0524. The summed E-state index contributed by atoms with van der Waals surface area (Å²) in [6.07, 6.45) is 0.416. The van der Waals surface area contributed by atoms with Gasteiger partial charge in [0, 0.05) is 16.3 Å². The van der Waals surface area contributed by atoms with E-state index in [9.17, 15) is 4.79 Å². The topological polar surface area (TPSA) is 63.3 Å². The third kappa shape index (κ3) is 2.02. The summed E-state index contributed by atoms with van der Waals surface area (Å²) in [5, 5.41) is 13.3. The zero-order valence-corrected chi connectivity index (χ0v) is 9.32. The van der Waals surface area contributed by atoms with Crippen LogP contribution in [0.2, 0.25) is 0 Å². The second-order valence-corrected chi connectivity index (χ2v) is 3.99. The Hall–Kier alpha value is -1.36. The standard InChI is InChI=1S/C10H8BrNO3/c11-7-3-1-2-6-8(4-5-9(13)14)15-12-10(6)7/h1-3H,4-5H2,(H,13,14). The predicted octanol–water partition coefficient (Wildman–Crippen LogP) is 2.61. The van der Waals surface area contributed by atoms with Gasteiger partial charge in [0.05, 0.1) is 6.42 Å². The third-order valence-electron chi connectivity index (χ3n) is 2.10. The second-order valence-electron chi connectivity index (χ2n) is 3.14. The van der Waals surface area contributed by atoms with Crippen LogP contribution in [0.15, 0.2) is 27.2 Å². The Bertz CT molecular complexity index is 506. The fraction of sp³-hybridized carbons (Fsp3) is 0.200. The van der Waals surface area contributed by atoms with E-state index in [0.717, 1.165) is 15.4 Å². The van der Waals surface area contributed by atoms with Crippen LogP contribution in [0.1, 0.15) is 12.2 Å². The Labute approximate surface area is 94.0 Å². The number of carboxylic acid groups (broad SMARTS) is 1. The fourth-order valence-corrected chi connectivity index (χ4v) is 1.82. The van der Waals surface area contributed by atoms with Crippen molar-refractivity contribution in [1.29, 1.82) is 0 Å². The molecule has 0 spiro atoms. The minimum atomic E-state index is -0.838. The van der Waals surface area contributed by atoms with Crippen molar-refractivity contribution in [1.82, 2.24) is 5.16 Å². The molecule has 0 amide bonds. The van der Waals surface area contributed by atoms with Gasteiger partial charge in [-0.05, 0) is 28.1 Å². The van der Waals surface area contributed by atoms with E-state index in [2.05, 4.69) is 21.1 Å². The van der Waals surface area contributed by atoms with Gasteiger partial charge in [-0.15, -0.1) is 0 Å². The zero-order valence-electron chi connectivity index (χ0n) is 7.74. The van der Waals surface area contributed by atoms with Crippen LogP contribution in [0.4, 0.5) is 0 Å². The van der Waals surface area contributed by atoms with Gasteiger partial charge >= 0.3 is 5.97 Å². The molecule has 0 unspecified atom stereocenters. The highest BCUT2D eigenvalue weighted by atomic mass is 79.9. The van der Waals surface area contributed by atoms with Crippen molar-refractivity contribution in [2.45, 2.75) is 12.8 Å². The van der Waals surface area contributed by atoms with Crippen molar-refractivity contribution in [2.24, 2.45) is 0 Å². The molecule has 0 bridgehead atoms. The molecule has 0 saturated carbocycles. The monoisotopic (exact) mass is 269 g/mol. The molecular weight excluding hydrogens is 262 g/mol. The van der Waals surface area contributed by atoms with E-state index in [0.29, 0.717) is 12.2 Å². The van der Waals surface area contributed by atoms with Crippen molar-refractivity contribution in [3.05, 3.63) is 28.4 Å². The lowest BCUT2D eigenvalue weighted by atomic mass is 10.1. The molecule has 5 heteroatoms. The van der Waals surface area contributed by atoms with E-state index in [4.69, 9.17) is 9.63 Å². The van der Waals surface area contributed by atoms with E-state index in [1.807, 2.05) is 18.2 Å². The average Bonchev–Trinajstić information content (AvgIpc) is 2.59. The summed E-state index contributed by atoms with van der Waals surface area (Å²) in [6.45, 7) is 0. The number of carbonyl (C=O) groups is 1. The van der Waals surface area contributed by atoms with Gasteiger partial charge in [0.25, 0.3) is 0 Å². The molecule has 4 nitrogen and oxygen atoms in total. The Balaban J connectivity index is 2.37. The number of benzene rings is 1. The smallest absolute Gasteiger partial charge is 0.303 e. The van der Waals surface area contributed by atoms with Crippen LogP contribution >= 0.6 is 15.9 Å². The minimum Gasteiger partial charge on any atom is -0.481 e. The molecule has 0 aliphatic carbocycles. The molecule has 0 aliphatic heterocycles. The summed E-state index contributed by atoms with van der Waals surface area (Å²) >= 11 is 3.35. The summed E-state index contributed by atoms with van der Waals surface area (Å²) < 4.78 is 5.96. The first-order valence-corrected chi connectivity index (χ1v) is 5.22. The van der Waals surface area contributed by atoms with Crippen molar-refractivity contribution in [3.8, 4) is 0 Å². The van der Waals surface area contributed by atoms with Gasteiger partial charge in [0.1, 0.15) is 11.3 Å². The largest absolute Gasteiger partial charge is 0.481 e. The quantitative estimate of drug-likeness (QED) is 0.931. The highest BCUT2D eigenvalue weighted by molar-refractivity contribution is 9.10. The molecule has 0 radical (unpaired) electrons. The Morgan fingerprint density at radius 2 is 2.33 bits per heavy atom. The van der Waals surface area contributed by atoms with E-state index < -0.39 is 5.97 Å². The van der Waals surface area contributed by atoms with Crippen LogP contribution in [-0.2, 0) is 11.2 Å². The lowest BCUT2D eigenvalue weighted by molar-refractivity contribution is -0.137. The van der Waals surface area contributed by atoms with Crippen LogP contribution in [-0.4, -0.2) is 16.2 Å². The number of aliphatic carboxylic acids is 1. The lowest BCUT2D eigenvalue weighted by Crippen LogP contribution is -1.96. The molecule has 0 atom stereocenters. The number of aryl methyl sites for hydroxylation is 1. The van der Waals surface area contributed by atoms with Crippen molar-refractivity contribution in [3.63, 3.8) is 0 Å². The van der Waals surface area contributed by atoms with E-state index in [-0.39, 0.29) is 6.42 Å². The number of hydrogen-bond donors (Lipinski definition) is 1. The highest BCUT2D eigenvalue weighted by Crippen LogP contribution is 2.26. The van der Waals surface area contributed by atoms with Gasteiger partial charge < -0.3 is 9.63 Å². The summed E-state index contributed by atoms with van der Waals surface area (Å²) in [6, 6.07) is 5.60. The first-order chi connectivity index (χ1) is 7.18. The number of carboxylic acids is 1. The summed E-state index contributed by atoms with van der Waals surface area (Å²) in [7, 11) is 0. The summed E-state index contributed by atoms with van der Waals surface area (Å²) in [5.74, 6) is -0.219. The van der Waals surface area contributed by atoms with E-state index in [1.54, 1.807) is 0 Å². The number of nitrogens with zero attached hydrogens (tertiary/aromatic N) is 1. The fourth-order valence-electron chi connectivity index (χ4n) is 1.38. The SMILES string of the molecule is O=C(O)CCc1onc2c(Br)cccc12. The highest BCUT2D eigenvalue weighted by Gasteiger charge is 2.11. The molecule has 2 aromatic rings. The second kappa shape index (κ2) is 4.02. The average molecular weight is 270 g/mol. The molecule has 1 aromatic heterocycles. The first-order valence-electron chi connectivity index (χ1n) is 4.43. The molecule has 2 rings (SSSR count). The van der Waals surface area contributed by atoms with Crippen LogP contribution in [0.25, 0.3) is 10.9 Å². The Morgan fingerprint density at radius 3 is 3.07 bits per heavy atom. The Kier molecular flexibility index (Phi) is 2.73. The van der Waals surface area contributed by atoms with Crippen molar-refractivity contribution in [2.75, 3.05) is 0 Å². The molecule has 0 saturated heterocycles. The molecule has 78 valence electrons. The van der Waals surface area contributed by atoms with Gasteiger partial charge in [0.15, 0.2) is 0 Å². The molecular formula is C10H8BrNO3.